The van der Waals surface area contributed by atoms with E-state index >= 15 is 0 Å². The van der Waals surface area contributed by atoms with Crippen molar-refractivity contribution < 1.29 is 13.6 Å². The van der Waals surface area contributed by atoms with E-state index in [1.54, 1.807) is 24.5 Å². The van der Waals surface area contributed by atoms with E-state index in [2.05, 4.69) is 25.5 Å². The first-order valence-corrected chi connectivity index (χ1v) is 9.93. The Kier molecular flexibility index (Phi) is 6.45. The molecule has 3 heterocycles. The van der Waals surface area contributed by atoms with Crippen molar-refractivity contribution in [2.75, 3.05) is 16.8 Å². The van der Waals surface area contributed by atoms with Crippen LogP contribution in [0.1, 0.15) is 11.1 Å². The SMILES string of the molecule is O=CN(Cc1cccnc1)c1cc(F)c(-c2cn[nH]c2)nc1NCCc1cccc(F)c1. The van der Waals surface area contributed by atoms with Crippen molar-refractivity contribution in [1.82, 2.24) is 20.2 Å². The molecule has 0 aliphatic carbocycles. The molecule has 162 valence electrons. The molecule has 32 heavy (non-hydrogen) atoms. The van der Waals surface area contributed by atoms with E-state index < -0.39 is 5.82 Å². The van der Waals surface area contributed by atoms with Crippen molar-refractivity contribution in [3.05, 3.63) is 90.0 Å². The van der Waals surface area contributed by atoms with Gasteiger partial charge >= 0.3 is 0 Å². The van der Waals surface area contributed by atoms with Crippen LogP contribution in [0.15, 0.2) is 67.3 Å². The van der Waals surface area contributed by atoms with Gasteiger partial charge in [-0.2, -0.15) is 5.10 Å². The van der Waals surface area contributed by atoms with Gasteiger partial charge in [-0.05, 0) is 35.7 Å². The summed E-state index contributed by atoms with van der Waals surface area (Å²) in [6, 6.07) is 11.2. The maximum Gasteiger partial charge on any atom is 0.214 e. The van der Waals surface area contributed by atoms with Crippen LogP contribution in [0.3, 0.4) is 0 Å². The number of aromatic amines is 1. The number of hydrogen-bond acceptors (Lipinski definition) is 5. The van der Waals surface area contributed by atoms with E-state index in [0.717, 1.165) is 11.1 Å². The summed E-state index contributed by atoms with van der Waals surface area (Å²) in [4.78, 5) is 21.7. The summed E-state index contributed by atoms with van der Waals surface area (Å²) in [6.45, 7) is 0.599. The zero-order chi connectivity index (χ0) is 22.3. The largest absolute Gasteiger partial charge is 0.368 e. The maximum atomic E-state index is 14.9. The normalized spacial score (nSPS) is 10.7. The molecule has 0 saturated heterocycles. The molecular weight excluding hydrogens is 414 g/mol. The second-order valence-electron chi connectivity index (χ2n) is 7.07. The van der Waals surface area contributed by atoms with Gasteiger partial charge in [0, 0.05) is 36.8 Å². The van der Waals surface area contributed by atoms with Gasteiger partial charge in [-0.25, -0.2) is 13.8 Å². The highest BCUT2D eigenvalue weighted by atomic mass is 19.1. The van der Waals surface area contributed by atoms with Gasteiger partial charge in [-0.1, -0.05) is 18.2 Å². The summed E-state index contributed by atoms with van der Waals surface area (Å²) in [7, 11) is 0. The van der Waals surface area contributed by atoms with Crippen LogP contribution in [0.25, 0.3) is 11.3 Å². The lowest BCUT2D eigenvalue weighted by molar-refractivity contribution is -0.107. The Morgan fingerprint density at radius 1 is 1.09 bits per heavy atom. The fourth-order valence-corrected chi connectivity index (χ4v) is 3.30. The number of carbonyl (C=O) groups is 1. The highest BCUT2D eigenvalue weighted by Crippen LogP contribution is 2.31. The van der Waals surface area contributed by atoms with Crippen molar-refractivity contribution >= 4 is 17.9 Å². The van der Waals surface area contributed by atoms with E-state index in [0.29, 0.717) is 30.8 Å². The molecule has 0 saturated carbocycles. The quantitative estimate of drug-likeness (QED) is 0.390. The molecule has 1 amide bonds. The zero-order valence-electron chi connectivity index (χ0n) is 17.0. The summed E-state index contributed by atoms with van der Waals surface area (Å²) in [6.07, 6.45) is 7.41. The van der Waals surface area contributed by atoms with Crippen molar-refractivity contribution in [3.63, 3.8) is 0 Å². The number of rotatable bonds is 9. The number of nitrogens with one attached hydrogen (secondary N) is 2. The van der Waals surface area contributed by atoms with Gasteiger partial charge in [0.25, 0.3) is 0 Å². The molecule has 0 bridgehead atoms. The van der Waals surface area contributed by atoms with E-state index in [-0.39, 0.29) is 23.7 Å². The first kappa shape index (κ1) is 21.1. The maximum absolute atomic E-state index is 14.9. The van der Waals surface area contributed by atoms with Crippen molar-refractivity contribution in [2.24, 2.45) is 0 Å². The van der Waals surface area contributed by atoms with E-state index in [9.17, 15) is 13.6 Å². The monoisotopic (exact) mass is 434 g/mol. The average molecular weight is 434 g/mol. The summed E-state index contributed by atoms with van der Waals surface area (Å²) in [5.41, 5.74) is 2.45. The van der Waals surface area contributed by atoms with Crippen LogP contribution in [0.5, 0.6) is 0 Å². The van der Waals surface area contributed by atoms with Crippen LogP contribution < -0.4 is 10.2 Å². The third-order valence-electron chi connectivity index (χ3n) is 4.84. The Morgan fingerprint density at radius 3 is 2.69 bits per heavy atom. The number of carbonyl (C=O) groups excluding carboxylic acids is 1. The van der Waals surface area contributed by atoms with Crippen LogP contribution in [0.2, 0.25) is 0 Å². The molecule has 9 heteroatoms. The minimum atomic E-state index is -0.588. The number of H-pyrrole nitrogens is 1. The van der Waals surface area contributed by atoms with Gasteiger partial charge in [-0.15, -0.1) is 0 Å². The summed E-state index contributed by atoms with van der Waals surface area (Å²) < 4.78 is 28.4. The number of benzene rings is 1. The lowest BCUT2D eigenvalue weighted by atomic mass is 10.1. The third-order valence-corrected chi connectivity index (χ3v) is 4.84. The predicted octanol–water partition coefficient (Wildman–Crippen LogP) is 3.96. The minimum absolute atomic E-state index is 0.1000. The lowest BCUT2D eigenvalue weighted by Crippen LogP contribution is -2.23. The molecule has 0 aliphatic heterocycles. The topological polar surface area (TPSA) is 86.8 Å². The minimum Gasteiger partial charge on any atom is -0.368 e. The highest BCUT2D eigenvalue weighted by Gasteiger charge is 2.19. The average Bonchev–Trinajstić information content (AvgIpc) is 3.34. The highest BCUT2D eigenvalue weighted by molar-refractivity contribution is 5.83. The van der Waals surface area contributed by atoms with E-state index in [4.69, 9.17) is 0 Å². The molecule has 0 unspecified atom stereocenters. The van der Waals surface area contributed by atoms with Crippen molar-refractivity contribution in [1.29, 1.82) is 0 Å². The summed E-state index contributed by atoms with van der Waals surface area (Å²) >= 11 is 0. The van der Waals surface area contributed by atoms with Crippen molar-refractivity contribution in [3.8, 4) is 11.3 Å². The molecule has 0 atom stereocenters. The van der Waals surface area contributed by atoms with Gasteiger partial charge in [0.15, 0.2) is 11.6 Å². The molecule has 3 aromatic heterocycles. The summed E-state index contributed by atoms with van der Waals surface area (Å²) in [5, 5.41) is 9.65. The molecule has 0 radical (unpaired) electrons. The van der Waals surface area contributed by atoms with Gasteiger partial charge in [0.2, 0.25) is 6.41 Å². The number of anilines is 2. The van der Waals surface area contributed by atoms with Crippen LogP contribution in [0, 0.1) is 11.6 Å². The first-order chi connectivity index (χ1) is 15.6. The number of pyridine rings is 2. The van der Waals surface area contributed by atoms with E-state index in [1.807, 2.05) is 12.1 Å². The van der Waals surface area contributed by atoms with E-state index in [1.165, 1.54) is 35.5 Å². The molecule has 0 aliphatic rings. The second-order valence-corrected chi connectivity index (χ2v) is 7.07. The van der Waals surface area contributed by atoms with Crippen LogP contribution in [0.4, 0.5) is 20.3 Å². The van der Waals surface area contributed by atoms with Gasteiger partial charge in [0.1, 0.15) is 11.5 Å². The number of nitrogens with zero attached hydrogens (tertiary/aromatic N) is 4. The Morgan fingerprint density at radius 2 is 1.97 bits per heavy atom. The van der Waals surface area contributed by atoms with Crippen LogP contribution >= 0.6 is 0 Å². The number of aromatic nitrogens is 4. The number of hydrogen-bond donors (Lipinski definition) is 2. The van der Waals surface area contributed by atoms with Crippen LogP contribution in [-0.4, -0.2) is 33.1 Å². The molecule has 1 aromatic carbocycles. The first-order valence-electron chi connectivity index (χ1n) is 9.93. The smallest absolute Gasteiger partial charge is 0.214 e. The van der Waals surface area contributed by atoms with Crippen molar-refractivity contribution in [2.45, 2.75) is 13.0 Å². The predicted molar refractivity (Wildman–Crippen MR) is 117 cm³/mol. The molecule has 4 rings (SSSR count). The fourth-order valence-electron chi connectivity index (χ4n) is 3.30. The molecule has 0 spiro atoms. The number of amides is 1. The Balaban J connectivity index is 1.64. The Hall–Kier alpha value is -4.14. The number of halogens is 2. The summed E-state index contributed by atoms with van der Waals surface area (Å²) in [5.74, 6) is -0.570. The Bertz CT molecular complexity index is 1180. The molecule has 0 fully saturated rings. The van der Waals surface area contributed by atoms with Crippen LogP contribution in [-0.2, 0) is 17.8 Å². The standard InChI is InChI=1S/C23H20F2N6O/c24-19-5-1-3-16(9-19)6-8-27-23-21(31(15-32)14-17-4-2-7-26-11-17)10-20(25)22(30-23)18-12-28-29-13-18/h1-5,7,9-13,15H,6,8,14H2,(H,27,30)(H,28,29). The second kappa shape index (κ2) is 9.78. The van der Waals surface area contributed by atoms with Gasteiger partial charge < -0.3 is 10.2 Å². The molecule has 4 aromatic rings. The van der Waals surface area contributed by atoms with Gasteiger partial charge in [0.05, 0.1) is 18.4 Å². The molecular formula is C23H20F2N6O. The Labute approximate surface area is 183 Å². The van der Waals surface area contributed by atoms with Gasteiger partial charge in [-0.3, -0.25) is 14.9 Å². The fraction of sp³-hybridized carbons (Fsp3) is 0.130. The molecule has 7 nitrogen and oxygen atoms in total. The molecule has 2 N–H and O–H groups in total. The third kappa shape index (κ3) is 4.94. The zero-order valence-corrected chi connectivity index (χ0v) is 17.0. The lowest BCUT2D eigenvalue weighted by Gasteiger charge is -2.22.